The summed E-state index contributed by atoms with van der Waals surface area (Å²) in [6.07, 6.45) is 9.63. The maximum absolute atomic E-state index is 4.48. The van der Waals surface area contributed by atoms with E-state index in [1.165, 1.54) is 12.8 Å². The molecule has 5 nitrogen and oxygen atoms in total. The molecule has 1 atom stereocenters. The van der Waals surface area contributed by atoms with Gasteiger partial charge in [0.2, 0.25) is 0 Å². The Kier molecular flexibility index (Phi) is 3.97. The van der Waals surface area contributed by atoms with Gasteiger partial charge in [-0.15, -0.1) is 0 Å². The van der Waals surface area contributed by atoms with E-state index in [2.05, 4.69) is 24.8 Å². The standard InChI is InChI=1S/C15H19N5/c1-12-17-5-4-14(19-12)11-20-8-2-3-13(10-20)15-9-16-6-7-18-15/h4-7,9,13H,2-3,8,10-11H2,1H3/t13-/m1/s1. The van der Waals surface area contributed by atoms with E-state index in [0.717, 1.165) is 36.8 Å². The molecule has 3 rings (SSSR count). The first-order valence-electron chi connectivity index (χ1n) is 7.08. The van der Waals surface area contributed by atoms with Crippen LogP contribution in [0.25, 0.3) is 0 Å². The van der Waals surface area contributed by atoms with Crippen molar-refractivity contribution in [3.8, 4) is 0 Å². The molecule has 0 aliphatic carbocycles. The van der Waals surface area contributed by atoms with E-state index < -0.39 is 0 Å². The molecule has 0 saturated carbocycles. The minimum atomic E-state index is 0.486. The minimum Gasteiger partial charge on any atom is -0.297 e. The number of hydrogen-bond acceptors (Lipinski definition) is 5. The maximum Gasteiger partial charge on any atom is 0.125 e. The van der Waals surface area contributed by atoms with Crippen molar-refractivity contribution >= 4 is 0 Å². The molecule has 3 heterocycles. The van der Waals surface area contributed by atoms with E-state index in [0.29, 0.717) is 5.92 Å². The molecule has 2 aromatic heterocycles. The first-order valence-corrected chi connectivity index (χ1v) is 7.08. The molecular formula is C15H19N5. The largest absolute Gasteiger partial charge is 0.297 e. The highest BCUT2D eigenvalue weighted by molar-refractivity contribution is 5.07. The molecule has 104 valence electrons. The van der Waals surface area contributed by atoms with E-state index in [4.69, 9.17) is 0 Å². The summed E-state index contributed by atoms with van der Waals surface area (Å²) in [5.74, 6) is 1.32. The number of nitrogens with zero attached hydrogens (tertiary/aromatic N) is 5. The zero-order chi connectivity index (χ0) is 13.8. The second-order valence-electron chi connectivity index (χ2n) is 5.30. The molecule has 0 spiro atoms. The first-order chi connectivity index (χ1) is 9.81. The van der Waals surface area contributed by atoms with Crippen molar-refractivity contribution in [3.63, 3.8) is 0 Å². The number of likely N-dealkylation sites (tertiary alicyclic amines) is 1. The molecular weight excluding hydrogens is 250 g/mol. The van der Waals surface area contributed by atoms with Crippen LogP contribution in [-0.2, 0) is 6.54 Å². The van der Waals surface area contributed by atoms with Crippen LogP contribution in [-0.4, -0.2) is 37.9 Å². The van der Waals surface area contributed by atoms with Gasteiger partial charge in [-0.1, -0.05) is 0 Å². The summed E-state index contributed by atoms with van der Waals surface area (Å²) in [6, 6.07) is 2.00. The summed E-state index contributed by atoms with van der Waals surface area (Å²) in [6.45, 7) is 4.98. The summed E-state index contributed by atoms with van der Waals surface area (Å²) < 4.78 is 0. The summed E-state index contributed by atoms with van der Waals surface area (Å²) in [4.78, 5) is 19.7. The third-order valence-corrected chi connectivity index (χ3v) is 3.73. The van der Waals surface area contributed by atoms with Gasteiger partial charge in [0, 0.05) is 43.8 Å². The smallest absolute Gasteiger partial charge is 0.125 e. The molecule has 0 N–H and O–H groups in total. The second-order valence-corrected chi connectivity index (χ2v) is 5.30. The highest BCUT2D eigenvalue weighted by Crippen LogP contribution is 2.25. The predicted molar refractivity (Wildman–Crippen MR) is 76.1 cm³/mol. The molecule has 1 aliphatic heterocycles. The Balaban J connectivity index is 1.66. The van der Waals surface area contributed by atoms with E-state index in [9.17, 15) is 0 Å². The van der Waals surface area contributed by atoms with E-state index in [1.807, 2.05) is 25.4 Å². The number of aryl methyl sites for hydroxylation is 1. The lowest BCUT2D eigenvalue weighted by atomic mass is 9.95. The van der Waals surface area contributed by atoms with Crippen molar-refractivity contribution < 1.29 is 0 Å². The quantitative estimate of drug-likeness (QED) is 0.852. The van der Waals surface area contributed by atoms with Crippen molar-refractivity contribution in [1.82, 2.24) is 24.8 Å². The van der Waals surface area contributed by atoms with Gasteiger partial charge in [-0.3, -0.25) is 14.9 Å². The van der Waals surface area contributed by atoms with Crippen molar-refractivity contribution in [2.75, 3.05) is 13.1 Å². The summed E-state index contributed by atoms with van der Waals surface area (Å²) >= 11 is 0. The summed E-state index contributed by atoms with van der Waals surface area (Å²) in [5, 5.41) is 0. The third kappa shape index (κ3) is 3.17. The number of aromatic nitrogens is 4. The Labute approximate surface area is 119 Å². The van der Waals surface area contributed by atoms with Crippen LogP contribution in [0.15, 0.2) is 30.9 Å². The Morgan fingerprint density at radius 2 is 2.20 bits per heavy atom. The summed E-state index contributed by atoms with van der Waals surface area (Å²) in [5.41, 5.74) is 2.20. The van der Waals surface area contributed by atoms with Crippen molar-refractivity contribution in [1.29, 1.82) is 0 Å². The van der Waals surface area contributed by atoms with Gasteiger partial charge >= 0.3 is 0 Å². The Bertz CT molecular complexity index is 557. The van der Waals surface area contributed by atoms with Gasteiger partial charge in [-0.05, 0) is 32.4 Å². The molecule has 1 fully saturated rings. The van der Waals surface area contributed by atoms with Gasteiger partial charge in [-0.2, -0.15) is 0 Å². The molecule has 0 unspecified atom stereocenters. The Morgan fingerprint density at radius 3 is 3.00 bits per heavy atom. The van der Waals surface area contributed by atoms with Gasteiger partial charge in [0.05, 0.1) is 11.4 Å². The van der Waals surface area contributed by atoms with Gasteiger partial charge in [-0.25, -0.2) is 9.97 Å². The zero-order valence-electron chi connectivity index (χ0n) is 11.7. The molecule has 1 saturated heterocycles. The van der Waals surface area contributed by atoms with Crippen LogP contribution in [0.5, 0.6) is 0 Å². The van der Waals surface area contributed by atoms with E-state index >= 15 is 0 Å². The minimum absolute atomic E-state index is 0.486. The molecule has 20 heavy (non-hydrogen) atoms. The van der Waals surface area contributed by atoms with Gasteiger partial charge in [0.25, 0.3) is 0 Å². The van der Waals surface area contributed by atoms with Gasteiger partial charge < -0.3 is 0 Å². The van der Waals surface area contributed by atoms with Crippen LogP contribution in [0.2, 0.25) is 0 Å². The number of rotatable bonds is 3. The molecule has 1 aliphatic rings. The molecule has 0 radical (unpaired) electrons. The van der Waals surface area contributed by atoms with Crippen LogP contribution in [0.1, 0.15) is 36.0 Å². The second kappa shape index (κ2) is 6.05. The number of piperidine rings is 1. The highest BCUT2D eigenvalue weighted by atomic mass is 15.1. The van der Waals surface area contributed by atoms with Crippen LogP contribution >= 0.6 is 0 Å². The Hall–Kier alpha value is -1.88. The predicted octanol–water partition coefficient (Wildman–Crippen LogP) is 1.95. The van der Waals surface area contributed by atoms with Crippen LogP contribution in [0, 0.1) is 6.92 Å². The molecule has 0 bridgehead atoms. The molecule has 2 aromatic rings. The lowest BCUT2D eigenvalue weighted by Gasteiger charge is -2.32. The Morgan fingerprint density at radius 1 is 1.25 bits per heavy atom. The SMILES string of the molecule is Cc1nccc(CN2CCC[C@@H](c3cnccn3)C2)n1. The van der Waals surface area contributed by atoms with E-state index in [1.54, 1.807) is 12.4 Å². The van der Waals surface area contributed by atoms with Crippen LogP contribution in [0.4, 0.5) is 0 Å². The maximum atomic E-state index is 4.48. The van der Waals surface area contributed by atoms with Crippen molar-refractivity contribution in [3.05, 3.63) is 48.1 Å². The fourth-order valence-corrected chi connectivity index (χ4v) is 2.78. The fraction of sp³-hybridized carbons (Fsp3) is 0.467. The molecule has 0 amide bonds. The van der Waals surface area contributed by atoms with Gasteiger partial charge in [0.15, 0.2) is 0 Å². The third-order valence-electron chi connectivity index (χ3n) is 3.73. The van der Waals surface area contributed by atoms with Crippen LogP contribution in [0.3, 0.4) is 0 Å². The van der Waals surface area contributed by atoms with Crippen molar-refractivity contribution in [2.45, 2.75) is 32.2 Å². The normalized spacial score (nSPS) is 19.9. The average Bonchev–Trinajstić information content (AvgIpc) is 2.48. The molecule has 0 aromatic carbocycles. The number of hydrogen-bond donors (Lipinski definition) is 0. The van der Waals surface area contributed by atoms with Crippen LogP contribution < -0.4 is 0 Å². The van der Waals surface area contributed by atoms with E-state index in [-0.39, 0.29) is 0 Å². The monoisotopic (exact) mass is 269 g/mol. The average molecular weight is 269 g/mol. The van der Waals surface area contributed by atoms with Crippen molar-refractivity contribution in [2.24, 2.45) is 0 Å². The highest BCUT2D eigenvalue weighted by Gasteiger charge is 2.22. The fourth-order valence-electron chi connectivity index (χ4n) is 2.78. The molecule has 5 heteroatoms. The summed E-state index contributed by atoms with van der Waals surface area (Å²) in [7, 11) is 0. The van der Waals surface area contributed by atoms with Gasteiger partial charge in [0.1, 0.15) is 5.82 Å². The topological polar surface area (TPSA) is 54.8 Å². The lowest BCUT2D eigenvalue weighted by molar-refractivity contribution is 0.196. The zero-order valence-corrected chi connectivity index (χ0v) is 11.7. The first kappa shape index (κ1) is 13.1. The lowest BCUT2D eigenvalue weighted by Crippen LogP contribution is -2.34.